The van der Waals surface area contributed by atoms with Crippen molar-refractivity contribution in [3.8, 4) is 5.75 Å². The van der Waals surface area contributed by atoms with Crippen molar-refractivity contribution in [3.05, 3.63) is 26.6 Å². The molecule has 0 N–H and O–H groups in total. The third kappa shape index (κ3) is 2.92. The molecule has 14 heavy (non-hydrogen) atoms. The third-order valence-electron chi connectivity index (χ3n) is 1.69. The molecule has 0 unspecified atom stereocenters. The fourth-order valence-electron chi connectivity index (χ4n) is 1.12. The minimum atomic E-state index is -2.79. The van der Waals surface area contributed by atoms with Crippen LogP contribution in [0.4, 0.5) is 8.78 Å². The maximum absolute atomic E-state index is 12.0. The fraction of sp³-hybridized carbons (Fsp3) is 0.333. The van der Waals surface area contributed by atoms with Gasteiger partial charge in [0.05, 0.1) is 0 Å². The van der Waals surface area contributed by atoms with E-state index in [1.165, 1.54) is 6.07 Å². The first kappa shape index (κ1) is 11.9. The van der Waals surface area contributed by atoms with Crippen molar-refractivity contribution >= 4 is 31.9 Å². The van der Waals surface area contributed by atoms with Gasteiger partial charge in [-0.25, -0.2) is 0 Å². The zero-order valence-electron chi connectivity index (χ0n) is 7.36. The maximum Gasteiger partial charge on any atom is 0.387 e. The molecule has 1 nitrogen and oxygen atoms in total. The smallest absolute Gasteiger partial charge is 0.387 e. The summed E-state index contributed by atoms with van der Waals surface area (Å²) in [4.78, 5) is 0. The SMILES string of the molecule is CCc1c(Br)cc(Br)cc1OC(F)F. The summed E-state index contributed by atoms with van der Waals surface area (Å²) in [5.74, 6) is 0.212. The van der Waals surface area contributed by atoms with Gasteiger partial charge in [0.1, 0.15) is 5.75 Å². The lowest BCUT2D eigenvalue weighted by molar-refractivity contribution is -0.0504. The van der Waals surface area contributed by atoms with Gasteiger partial charge in [-0.05, 0) is 18.6 Å². The Hall–Kier alpha value is -0.160. The summed E-state index contributed by atoms with van der Waals surface area (Å²) < 4.78 is 30.0. The Bertz CT molecular complexity index is 329. The van der Waals surface area contributed by atoms with Crippen LogP contribution in [-0.2, 0) is 6.42 Å². The van der Waals surface area contributed by atoms with Crippen LogP contribution in [0.5, 0.6) is 5.75 Å². The minimum Gasteiger partial charge on any atom is -0.434 e. The standard InChI is InChI=1S/C9H8Br2F2O/c1-2-6-7(11)3-5(10)4-8(6)14-9(12)13/h3-4,9H,2H2,1H3. The molecule has 0 radical (unpaired) electrons. The van der Waals surface area contributed by atoms with Gasteiger partial charge in [0.15, 0.2) is 0 Å². The van der Waals surface area contributed by atoms with E-state index in [1.54, 1.807) is 6.07 Å². The van der Waals surface area contributed by atoms with Crippen LogP contribution in [0.3, 0.4) is 0 Å². The van der Waals surface area contributed by atoms with Gasteiger partial charge in [0.25, 0.3) is 0 Å². The summed E-state index contributed by atoms with van der Waals surface area (Å²) in [6.07, 6.45) is 0.635. The van der Waals surface area contributed by atoms with Gasteiger partial charge in [-0.3, -0.25) is 0 Å². The Labute approximate surface area is 97.7 Å². The van der Waals surface area contributed by atoms with Gasteiger partial charge in [-0.1, -0.05) is 38.8 Å². The molecule has 1 aromatic rings. The molecule has 0 saturated heterocycles. The second-order valence-corrected chi connectivity index (χ2v) is 4.37. The summed E-state index contributed by atoms with van der Waals surface area (Å²) in [5.41, 5.74) is 0.744. The molecule has 1 aromatic carbocycles. The Morgan fingerprint density at radius 3 is 2.50 bits per heavy atom. The molecule has 0 spiro atoms. The van der Waals surface area contributed by atoms with E-state index in [1.807, 2.05) is 6.92 Å². The molecule has 0 saturated carbocycles. The molecule has 0 bridgehead atoms. The Morgan fingerprint density at radius 2 is 2.00 bits per heavy atom. The molecule has 0 fully saturated rings. The number of hydrogen-bond acceptors (Lipinski definition) is 1. The highest BCUT2D eigenvalue weighted by molar-refractivity contribution is 9.11. The van der Waals surface area contributed by atoms with E-state index in [-0.39, 0.29) is 5.75 Å². The van der Waals surface area contributed by atoms with Crippen LogP contribution in [0, 0.1) is 0 Å². The number of alkyl halides is 2. The number of benzene rings is 1. The predicted octanol–water partition coefficient (Wildman–Crippen LogP) is 4.38. The van der Waals surface area contributed by atoms with Crippen LogP contribution < -0.4 is 4.74 Å². The van der Waals surface area contributed by atoms with E-state index in [0.29, 0.717) is 10.9 Å². The lowest BCUT2D eigenvalue weighted by atomic mass is 10.1. The summed E-state index contributed by atoms with van der Waals surface area (Å²) in [6.45, 7) is -0.909. The van der Waals surface area contributed by atoms with Crippen molar-refractivity contribution in [2.45, 2.75) is 20.0 Å². The lowest BCUT2D eigenvalue weighted by Crippen LogP contribution is -2.04. The summed E-state index contributed by atoms with van der Waals surface area (Å²) in [6, 6.07) is 3.34. The van der Waals surface area contributed by atoms with Gasteiger partial charge in [-0.15, -0.1) is 0 Å². The van der Waals surface area contributed by atoms with Crippen LogP contribution >= 0.6 is 31.9 Å². The Balaban J connectivity index is 3.11. The molecule has 0 amide bonds. The van der Waals surface area contributed by atoms with Gasteiger partial charge < -0.3 is 4.74 Å². The van der Waals surface area contributed by atoms with Crippen molar-refractivity contribution in [2.24, 2.45) is 0 Å². The highest BCUT2D eigenvalue weighted by Gasteiger charge is 2.12. The van der Waals surface area contributed by atoms with Crippen LogP contribution in [0.2, 0.25) is 0 Å². The average molecular weight is 330 g/mol. The van der Waals surface area contributed by atoms with E-state index in [0.717, 1.165) is 10.0 Å². The summed E-state index contributed by atoms with van der Waals surface area (Å²) in [5, 5.41) is 0. The first-order chi connectivity index (χ1) is 6.54. The van der Waals surface area contributed by atoms with Crippen LogP contribution in [0.1, 0.15) is 12.5 Å². The topological polar surface area (TPSA) is 9.23 Å². The first-order valence-electron chi connectivity index (χ1n) is 3.97. The summed E-state index contributed by atoms with van der Waals surface area (Å²) >= 11 is 6.50. The molecule has 78 valence electrons. The zero-order valence-corrected chi connectivity index (χ0v) is 10.5. The van der Waals surface area contributed by atoms with Gasteiger partial charge in [0, 0.05) is 14.5 Å². The van der Waals surface area contributed by atoms with Crippen molar-refractivity contribution in [2.75, 3.05) is 0 Å². The third-order valence-corrected chi connectivity index (χ3v) is 2.85. The number of halogens is 4. The van der Waals surface area contributed by atoms with Crippen LogP contribution in [-0.4, -0.2) is 6.61 Å². The van der Waals surface area contributed by atoms with E-state index < -0.39 is 6.61 Å². The summed E-state index contributed by atoms with van der Waals surface area (Å²) in [7, 11) is 0. The van der Waals surface area contributed by atoms with Crippen molar-refractivity contribution in [3.63, 3.8) is 0 Å². The minimum absolute atomic E-state index is 0.212. The van der Waals surface area contributed by atoms with Gasteiger partial charge in [0.2, 0.25) is 0 Å². The van der Waals surface area contributed by atoms with Crippen molar-refractivity contribution in [1.82, 2.24) is 0 Å². The number of rotatable bonds is 3. The van der Waals surface area contributed by atoms with Gasteiger partial charge >= 0.3 is 6.61 Å². The van der Waals surface area contributed by atoms with E-state index in [9.17, 15) is 8.78 Å². The average Bonchev–Trinajstić information content (AvgIpc) is 2.01. The highest BCUT2D eigenvalue weighted by Crippen LogP contribution is 2.32. The molecular weight excluding hydrogens is 322 g/mol. The first-order valence-corrected chi connectivity index (χ1v) is 5.56. The quantitative estimate of drug-likeness (QED) is 0.799. The van der Waals surface area contributed by atoms with Gasteiger partial charge in [-0.2, -0.15) is 8.78 Å². The van der Waals surface area contributed by atoms with Crippen LogP contribution in [0.25, 0.3) is 0 Å². The second kappa shape index (κ2) is 5.07. The Morgan fingerprint density at radius 1 is 1.36 bits per heavy atom. The zero-order chi connectivity index (χ0) is 10.7. The second-order valence-electron chi connectivity index (χ2n) is 2.60. The van der Waals surface area contributed by atoms with Crippen molar-refractivity contribution < 1.29 is 13.5 Å². The molecule has 0 aliphatic rings. The fourth-order valence-corrected chi connectivity index (χ4v) is 2.59. The molecule has 1 rings (SSSR count). The number of ether oxygens (including phenoxy) is 1. The van der Waals surface area contributed by atoms with Crippen molar-refractivity contribution in [1.29, 1.82) is 0 Å². The van der Waals surface area contributed by atoms with E-state index in [4.69, 9.17) is 0 Å². The molecule has 0 aromatic heterocycles. The largest absolute Gasteiger partial charge is 0.434 e. The molecule has 0 aliphatic carbocycles. The normalized spacial score (nSPS) is 10.7. The van der Waals surface area contributed by atoms with E-state index in [2.05, 4.69) is 36.6 Å². The van der Waals surface area contributed by atoms with Crippen LogP contribution in [0.15, 0.2) is 21.1 Å². The maximum atomic E-state index is 12.0. The highest BCUT2D eigenvalue weighted by atomic mass is 79.9. The number of hydrogen-bond donors (Lipinski definition) is 0. The molecule has 5 heteroatoms. The monoisotopic (exact) mass is 328 g/mol. The molecule has 0 heterocycles. The molecular formula is C9H8Br2F2O. The predicted molar refractivity (Wildman–Crippen MR) is 57.9 cm³/mol. The molecule has 0 atom stereocenters. The Kier molecular flexibility index (Phi) is 4.31. The lowest BCUT2D eigenvalue weighted by Gasteiger charge is -2.11. The molecule has 0 aliphatic heterocycles. The van der Waals surface area contributed by atoms with E-state index >= 15 is 0 Å².